The fraction of sp³-hybridized carbons (Fsp3) is 0.474. The van der Waals surface area contributed by atoms with E-state index in [0.717, 1.165) is 44.0 Å². The molecule has 0 bridgehead atoms. The number of hydrogen-bond donors (Lipinski definition) is 3. The number of benzene rings is 1. The lowest BCUT2D eigenvalue weighted by Crippen LogP contribution is -2.52. The van der Waals surface area contributed by atoms with Crippen molar-refractivity contribution in [3.05, 3.63) is 52.2 Å². The Morgan fingerprint density at radius 3 is 2.85 bits per heavy atom. The van der Waals surface area contributed by atoms with Gasteiger partial charge in [0.05, 0.1) is 26.1 Å². The molecule has 8 heteroatoms. The van der Waals surface area contributed by atoms with Gasteiger partial charge in [0.15, 0.2) is 0 Å². The maximum Gasteiger partial charge on any atom is 0.276 e. The molecule has 144 valence electrons. The van der Waals surface area contributed by atoms with Crippen LogP contribution in [0.3, 0.4) is 0 Å². The van der Waals surface area contributed by atoms with Crippen LogP contribution in [0.15, 0.2) is 35.4 Å². The number of nitrogens with zero attached hydrogens (tertiary/aromatic N) is 3. The zero-order chi connectivity index (χ0) is 18.9. The SMILES string of the molecule is CCCC1(N)NN(Cc2ccccc2N2CCOCC2)c2c1nc[nH]c2=O. The minimum atomic E-state index is -0.827. The van der Waals surface area contributed by atoms with Crippen LogP contribution in [0.25, 0.3) is 0 Å². The molecule has 1 aromatic heterocycles. The molecule has 2 aliphatic rings. The van der Waals surface area contributed by atoms with E-state index < -0.39 is 5.66 Å². The van der Waals surface area contributed by atoms with Crippen LogP contribution in [0.2, 0.25) is 0 Å². The van der Waals surface area contributed by atoms with Gasteiger partial charge in [0, 0.05) is 18.8 Å². The zero-order valence-corrected chi connectivity index (χ0v) is 15.6. The fourth-order valence-corrected chi connectivity index (χ4v) is 3.93. The van der Waals surface area contributed by atoms with E-state index in [1.807, 2.05) is 17.1 Å². The minimum Gasteiger partial charge on any atom is -0.378 e. The van der Waals surface area contributed by atoms with Gasteiger partial charge in [-0.25, -0.2) is 10.4 Å². The van der Waals surface area contributed by atoms with Crippen molar-refractivity contribution in [3.8, 4) is 0 Å². The monoisotopic (exact) mass is 370 g/mol. The lowest BCUT2D eigenvalue weighted by molar-refractivity contribution is 0.122. The Morgan fingerprint density at radius 2 is 2.07 bits per heavy atom. The van der Waals surface area contributed by atoms with Gasteiger partial charge in [0.1, 0.15) is 17.0 Å². The van der Waals surface area contributed by atoms with Crippen LogP contribution >= 0.6 is 0 Å². The van der Waals surface area contributed by atoms with E-state index >= 15 is 0 Å². The highest BCUT2D eigenvalue weighted by Gasteiger charge is 2.42. The second-order valence-corrected chi connectivity index (χ2v) is 7.08. The first-order valence-corrected chi connectivity index (χ1v) is 9.45. The molecular formula is C19H26N6O2. The molecule has 0 amide bonds. The van der Waals surface area contributed by atoms with Crippen molar-refractivity contribution in [2.24, 2.45) is 5.73 Å². The number of aromatic nitrogens is 2. The Bertz CT molecular complexity index is 863. The number of H-pyrrole nitrogens is 1. The first kappa shape index (κ1) is 18.0. The van der Waals surface area contributed by atoms with Crippen molar-refractivity contribution < 1.29 is 4.74 Å². The number of nitrogens with two attached hydrogens (primary N) is 1. The smallest absolute Gasteiger partial charge is 0.276 e. The highest BCUT2D eigenvalue weighted by atomic mass is 16.5. The predicted octanol–water partition coefficient (Wildman–Crippen LogP) is 1.04. The van der Waals surface area contributed by atoms with Crippen molar-refractivity contribution in [1.82, 2.24) is 15.4 Å². The standard InChI is InChI=1S/C19H26N6O2/c1-2-7-19(20)17-16(18(26)22-13-21-17)25(23-19)12-14-5-3-4-6-15(14)24-8-10-27-11-9-24/h3-6,13,23H,2,7-12,20H2,1H3,(H,21,22,26). The number of para-hydroxylation sites is 1. The van der Waals surface area contributed by atoms with E-state index in [0.29, 0.717) is 24.3 Å². The van der Waals surface area contributed by atoms with Crippen LogP contribution in [0, 0.1) is 0 Å². The van der Waals surface area contributed by atoms with Crippen LogP contribution in [-0.4, -0.2) is 36.3 Å². The largest absolute Gasteiger partial charge is 0.378 e. The van der Waals surface area contributed by atoms with E-state index in [-0.39, 0.29) is 5.56 Å². The average Bonchev–Trinajstić information content (AvgIpc) is 2.96. The van der Waals surface area contributed by atoms with Gasteiger partial charge in [-0.3, -0.25) is 9.80 Å². The van der Waals surface area contributed by atoms with Crippen molar-refractivity contribution in [1.29, 1.82) is 0 Å². The molecular weight excluding hydrogens is 344 g/mol. The molecule has 1 atom stereocenters. The normalized spacial score (nSPS) is 22.1. The Balaban J connectivity index is 1.67. The average molecular weight is 370 g/mol. The first-order valence-electron chi connectivity index (χ1n) is 9.45. The van der Waals surface area contributed by atoms with Gasteiger partial charge in [-0.2, -0.15) is 0 Å². The van der Waals surface area contributed by atoms with E-state index in [9.17, 15) is 4.79 Å². The topological polar surface area (TPSA) is 99.5 Å². The summed E-state index contributed by atoms with van der Waals surface area (Å²) in [5.41, 5.74) is 12.3. The number of hydrogen-bond acceptors (Lipinski definition) is 7. The Morgan fingerprint density at radius 1 is 1.30 bits per heavy atom. The number of rotatable bonds is 5. The minimum absolute atomic E-state index is 0.181. The van der Waals surface area contributed by atoms with Gasteiger partial charge in [-0.1, -0.05) is 31.5 Å². The molecule has 3 heterocycles. The summed E-state index contributed by atoms with van der Waals surface area (Å²) in [6.45, 7) is 5.77. The number of anilines is 2. The molecule has 4 rings (SSSR count). The van der Waals surface area contributed by atoms with Gasteiger partial charge < -0.3 is 20.4 Å². The van der Waals surface area contributed by atoms with Crippen LogP contribution in [-0.2, 0) is 16.9 Å². The molecule has 1 unspecified atom stereocenters. The van der Waals surface area contributed by atoms with Gasteiger partial charge in [-0.05, 0) is 18.1 Å². The number of aromatic amines is 1. The third-order valence-corrected chi connectivity index (χ3v) is 5.17. The zero-order valence-electron chi connectivity index (χ0n) is 15.6. The highest BCUT2D eigenvalue weighted by molar-refractivity contribution is 5.59. The molecule has 1 aromatic carbocycles. The van der Waals surface area contributed by atoms with E-state index in [1.165, 1.54) is 6.33 Å². The third-order valence-electron chi connectivity index (χ3n) is 5.17. The summed E-state index contributed by atoms with van der Waals surface area (Å²) in [5.74, 6) is 0. The van der Waals surface area contributed by atoms with E-state index in [1.54, 1.807) is 0 Å². The molecule has 0 aliphatic carbocycles. The Hall–Kier alpha value is -2.42. The second kappa shape index (κ2) is 7.30. The molecule has 27 heavy (non-hydrogen) atoms. The summed E-state index contributed by atoms with van der Waals surface area (Å²) in [7, 11) is 0. The van der Waals surface area contributed by atoms with E-state index in [2.05, 4.69) is 39.4 Å². The van der Waals surface area contributed by atoms with Crippen molar-refractivity contribution in [2.75, 3.05) is 36.2 Å². The summed E-state index contributed by atoms with van der Waals surface area (Å²) in [5, 5.41) is 1.84. The van der Waals surface area contributed by atoms with Crippen LogP contribution in [0.5, 0.6) is 0 Å². The molecule has 2 aliphatic heterocycles. The van der Waals surface area contributed by atoms with Crippen molar-refractivity contribution in [3.63, 3.8) is 0 Å². The summed E-state index contributed by atoms with van der Waals surface area (Å²) in [6.07, 6.45) is 3.00. The molecule has 4 N–H and O–H groups in total. The lowest BCUT2D eigenvalue weighted by atomic mass is 10.0. The molecule has 1 saturated heterocycles. The lowest BCUT2D eigenvalue weighted by Gasteiger charge is -2.32. The van der Waals surface area contributed by atoms with Crippen LogP contribution in [0.4, 0.5) is 11.4 Å². The Kier molecular flexibility index (Phi) is 4.86. The quantitative estimate of drug-likeness (QED) is 0.723. The third kappa shape index (κ3) is 3.31. The summed E-state index contributed by atoms with van der Waals surface area (Å²) >= 11 is 0. The van der Waals surface area contributed by atoms with Gasteiger partial charge in [0.2, 0.25) is 0 Å². The van der Waals surface area contributed by atoms with Gasteiger partial charge in [0.25, 0.3) is 5.56 Å². The van der Waals surface area contributed by atoms with Crippen LogP contribution in [0.1, 0.15) is 31.0 Å². The van der Waals surface area contributed by atoms with Gasteiger partial charge >= 0.3 is 0 Å². The fourth-order valence-electron chi connectivity index (χ4n) is 3.93. The maximum absolute atomic E-state index is 12.5. The number of fused-ring (bicyclic) bond motifs is 1. The highest BCUT2D eigenvalue weighted by Crippen LogP contribution is 2.34. The summed E-state index contributed by atoms with van der Waals surface area (Å²) in [4.78, 5) is 21.9. The number of nitrogens with one attached hydrogen (secondary N) is 2. The molecule has 0 radical (unpaired) electrons. The van der Waals surface area contributed by atoms with Crippen molar-refractivity contribution >= 4 is 11.4 Å². The van der Waals surface area contributed by atoms with Crippen LogP contribution < -0.4 is 26.6 Å². The predicted molar refractivity (Wildman–Crippen MR) is 104 cm³/mol. The van der Waals surface area contributed by atoms with Gasteiger partial charge in [-0.15, -0.1) is 0 Å². The molecule has 0 saturated carbocycles. The van der Waals surface area contributed by atoms with Crippen molar-refractivity contribution in [2.45, 2.75) is 32.0 Å². The second-order valence-electron chi connectivity index (χ2n) is 7.08. The molecule has 1 fully saturated rings. The summed E-state index contributed by atoms with van der Waals surface area (Å²) in [6, 6.07) is 8.27. The maximum atomic E-state index is 12.5. The Labute approximate surface area is 158 Å². The van der Waals surface area contributed by atoms with E-state index in [4.69, 9.17) is 10.5 Å². The number of ether oxygens (including phenoxy) is 1. The summed E-state index contributed by atoms with van der Waals surface area (Å²) < 4.78 is 5.48. The number of hydrazine groups is 1. The molecule has 8 nitrogen and oxygen atoms in total. The molecule has 2 aromatic rings. The first-order chi connectivity index (χ1) is 13.1. The molecule has 0 spiro atoms. The number of morpholine rings is 1.